The molecule has 0 bridgehead atoms. The number of ketones is 1. The predicted molar refractivity (Wildman–Crippen MR) is 92.0 cm³/mol. The summed E-state index contributed by atoms with van der Waals surface area (Å²) in [4.78, 5) is 23.2. The Hall–Kier alpha value is -2.08. The van der Waals surface area contributed by atoms with Crippen molar-refractivity contribution < 1.29 is 23.8 Å². The zero-order valence-corrected chi connectivity index (χ0v) is 14.7. The van der Waals surface area contributed by atoms with Gasteiger partial charge in [-0.05, 0) is 50.3 Å². The van der Waals surface area contributed by atoms with E-state index in [1.54, 1.807) is 7.11 Å². The summed E-state index contributed by atoms with van der Waals surface area (Å²) in [6, 6.07) is 5.67. The third-order valence-electron chi connectivity index (χ3n) is 5.34. The van der Waals surface area contributed by atoms with Crippen LogP contribution in [0.4, 0.5) is 0 Å². The quantitative estimate of drug-likeness (QED) is 0.762. The molecule has 1 aromatic rings. The maximum absolute atomic E-state index is 12.2. The molecular weight excluding hydrogens is 322 g/mol. The highest BCUT2D eigenvalue weighted by Crippen LogP contribution is 2.40. The zero-order chi connectivity index (χ0) is 17.9. The largest absolute Gasteiger partial charge is 0.493 e. The minimum absolute atomic E-state index is 0.163. The summed E-state index contributed by atoms with van der Waals surface area (Å²) in [5.74, 6) is 0.935. The molecule has 2 aliphatic rings. The maximum Gasteiger partial charge on any atom is 0.294 e. The lowest BCUT2D eigenvalue weighted by atomic mass is 9.82. The van der Waals surface area contributed by atoms with Gasteiger partial charge in [-0.2, -0.15) is 0 Å². The lowest BCUT2D eigenvalue weighted by Crippen LogP contribution is -2.46. The molecule has 1 saturated heterocycles. The van der Waals surface area contributed by atoms with E-state index >= 15 is 0 Å². The third-order valence-corrected chi connectivity index (χ3v) is 5.34. The highest BCUT2D eigenvalue weighted by Gasteiger charge is 2.50. The van der Waals surface area contributed by atoms with Crippen LogP contribution in [-0.2, 0) is 14.3 Å². The van der Waals surface area contributed by atoms with Crippen molar-refractivity contribution in [2.75, 3.05) is 20.2 Å². The van der Waals surface area contributed by atoms with Gasteiger partial charge in [-0.25, -0.2) is 0 Å². The second kappa shape index (κ2) is 7.44. The van der Waals surface area contributed by atoms with Crippen molar-refractivity contribution in [3.8, 4) is 11.5 Å². The number of methoxy groups -OCH3 is 1. The van der Waals surface area contributed by atoms with Crippen LogP contribution in [0.3, 0.4) is 0 Å². The van der Waals surface area contributed by atoms with Crippen LogP contribution < -0.4 is 14.8 Å². The fourth-order valence-corrected chi connectivity index (χ4v) is 3.93. The molecule has 2 fully saturated rings. The summed E-state index contributed by atoms with van der Waals surface area (Å²) in [6.07, 6.45) is 4.66. The van der Waals surface area contributed by atoms with Crippen molar-refractivity contribution in [3.63, 3.8) is 0 Å². The Morgan fingerprint density at radius 1 is 1.28 bits per heavy atom. The van der Waals surface area contributed by atoms with Gasteiger partial charge in [0.2, 0.25) is 0 Å². The topological polar surface area (TPSA) is 73.9 Å². The number of rotatable bonds is 7. The van der Waals surface area contributed by atoms with Crippen molar-refractivity contribution in [3.05, 3.63) is 23.8 Å². The Balaban J connectivity index is 1.92. The summed E-state index contributed by atoms with van der Waals surface area (Å²) in [5.41, 5.74) is -0.267. The van der Waals surface area contributed by atoms with E-state index in [1.165, 1.54) is 19.8 Å². The van der Waals surface area contributed by atoms with Gasteiger partial charge in [-0.1, -0.05) is 6.07 Å². The number of carbonyl (C=O) groups is 2. The third kappa shape index (κ3) is 3.35. The van der Waals surface area contributed by atoms with Crippen LogP contribution in [0.25, 0.3) is 0 Å². The lowest BCUT2D eigenvalue weighted by molar-refractivity contribution is -0.154. The molecule has 2 unspecified atom stereocenters. The molecule has 1 aromatic carbocycles. The molecule has 0 spiro atoms. The van der Waals surface area contributed by atoms with Crippen molar-refractivity contribution in [1.29, 1.82) is 0 Å². The number of benzene rings is 1. The fourth-order valence-electron chi connectivity index (χ4n) is 3.93. The highest BCUT2D eigenvalue weighted by molar-refractivity contribution is 5.88. The van der Waals surface area contributed by atoms with E-state index < -0.39 is 5.60 Å². The molecule has 6 nitrogen and oxygen atoms in total. The van der Waals surface area contributed by atoms with E-state index in [2.05, 4.69) is 5.32 Å². The lowest BCUT2D eigenvalue weighted by Gasteiger charge is -2.30. The van der Waals surface area contributed by atoms with E-state index in [-0.39, 0.29) is 17.8 Å². The summed E-state index contributed by atoms with van der Waals surface area (Å²) >= 11 is 0. The molecule has 3 rings (SSSR count). The Kier molecular flexibility index (Phi) is 5.27. The molecule has 0 aromatic heterocycles. The molecule has 6 heteroatoms. The summed E-state index contributed by atoms with van der Waals surface area (Å²) in [5, 5.41) is 3.17. The minimum atomic E-state index is -1.17. The van der Waals surface area contributed by atoms with Gasteiger partial charge in [0.15, 0.2) is 22.9 Å². The number of ether oxygens (including phenoxy) is 3. The Morgan fingerprint density at radius 3 is 2.68 bits per heavy atom. The van der Waals surface area contributed by atoms with E-state index in [9.17, 15) is 9.59 Å². The molecule has 1 aliphatic carbocycles. The maximum atomic E-state index is 12.2. The van der Waals surface area contributed by atoms with Gasteiger partial charge >= 0.3 is 0 Å². The molecule has 136 valence electrons. The fraction of sp³-hybridized carbons (Fsp3) is 0.579. The van der Waals surface area contributed by atoms with Gasteiger partial charge in [-0.15, -0.1) is 0 Å². The molecular formula is C19H25NO5. The molecule has 0 amide bonds. The smallest absolute Gasteiger partial charge is 0.294 e. The summed E-state index contributed by atoms with van der Waals surface area (Å²) < 4.78 is 16.9. The van der Waals surface area contributed by atoms with Gasteiger partial charge in [-0.3, -0.25) is 9.59 Å². The number of Topliss-reactive ketones (excluding diaryl/α,β-unsaturated/α-hetero) is 1. The Morgan fingerprint density at radius 2 is 2.04 bits per heavy atom. The van der Waals surface area contributed by atoms with Crippen LogP contribution in [0.1, 0.15) is 44.1 Å². The second-order valence-electron chi connectivity index (χ2n) is 6.78. The molecule has 2 atom stereocenters. The second-order valence-corrected chi connectivity index (χ2v) is 6.78. The Bertz CT molecular complexity index is 641. The van der Waals surface area contributed by atoms with Crippen LogP contribution in [0.2, 0.25) is 0 Å². The molecule has 1 saturated carbocycles. The molecule has 0 radical (unpaired) electrons. The molecule has 1 aliphatic heterocycles. The first-order valence-electron chi connectivity index (χ1n) is 8.78. The minimum Gasteiger partial charge on any atom is -0.493 e. The average molecular weight is 347 g/mol. The van der Waals surface area contributed by atoms with Crippen molar-refractivity contribution in [2.45, 2.75) is 50.2 Å². The van der Waals surface area contributed by atoms with E-state index in [4.69, 9.17) is 14.2 Å². The van der Waals surface area contributed by atoms with Crippen LogP contribution in [-0.4, -0.2) is 44.2 Å². The van der Waals surface area contributed by atoms with Crippen molar-refractivity contribution in [2.24, 2.45) is 0 Å². The van der Waals surface area contributed by atoms with Gasteiger partial charge in [0.25, 0.3) is 6.47 Å². The first-order valence-corrected chi connectivity index (χ1v) is 8.78. The average Bonchev–Trinajstić information content (AvgIpc) is 3.25. The van der Waals surface area contributed by atoms with Crippen LogP contribution in [0.15, 0.2) is 18.2 Å². The number of hydrogen-bond acceptors (Lipinski definition) is 6. The van der Waals surface area contributed by atoms with E-state index in [1.807, 2.05) is 18.2 Å². The molecule has 1 N–H and O–H groups in total. The normalized spacial score (nSPS) is 26.4. The van der Waals surface area contributed by atoms with E-state index in [0.717, 1.165) is 18.4 Å². The van der Waals surface area contributed by atoms with Crippen LogP contribution >= 0.6 is 0 Å². The summed E-state index contributed by atoms with van der Waals surface area (Å²) in [6.45, 7) is 2.70. The van der Waals surface area contributed by atoms with Gasteiger partial charge < -0.3 is 19.5 Å². The van der Waals surface area contributed by atoms with Crippen LogP contribution in [0, 0.1) is 0 Å². The number of carbonyl (C=O) groups excluding carboxylic acids is 2. The molecule has 1 heterocycles. The zero-order valence-electron chi connectivity index (χ0n) is 14.7. The van der Waals surface area contributed by atoms with Crippen molar-refractivity contribution in [1.82, 2.24) is 5.32 Å². The predicted octanol–water partition coefficient (Wildman–Crippen LogP) is 2.20. The van der Waals surface area contributed by atoms with Crippen molar-refractivity contribution >= 4 is 12.3 Å². The summed E-state index contributed by atoms with van der Waals surface area (Å²) in [7, 11) is 1.61. The number of hydrogen-bond donors (Lipinski definition) is 1. The highest BCUT2D eigenvalue weighted by atomic mass is 16.5. The van der Waals surface area contributed by atoms with Gasteiger partial charge in [0, 0.05) is 19.0 Å². The molecule has 25 heavy (non-hydrogen) atoms. The number of nitrogens with one attached hydrogen (secondary N) is 1. The first kappa shape index (κ1) is 17.7. The SMILES string of the molecule is COc1ccc(C2CNCC2(OC=O)C(C)=O)cc1OC1CCCC1. The standard InChI is InChI=1S/C19H25NO5/c1-13(22)19(24-12-21)11-20-10-16(19)14-7-8-17(23-2)18(9-14)25-15-5-3-4-6-15/h7-9,12,15-16,20H,3-6,10-11H2,1-2H3. The van der Waals surface area contributed by atoms with E-state index in [0.29, 0.717) is 31.1 Å². The first-order chi connectivity index (χ1) is 12.1. The monoisotopic (exact) mass is 347 g/mol. The van der Waals surface area contributed by atoms with Gasteiger partial charge in [0.05, 0.1) is 13.2 Å². The Labute approximate surface area is 147 Å². The van der Waals surface area contributed by atoms with Crippen LogP contribution in [0.5, 0.6) is 11.5 Å². The van der Waals surface area contributed by atoms with Gasteiger partial charge in [0.1, 0.15) is 0 Å².